The van der Waals surface area contributed by atoms with E-state index in [1.165, 1.54) is 17.4 Å². The summed E-state index contributed by atoms with van der Waals surface area (Å²) in [6.45, 7) is 4.38. The molecule has 1 heterocycles. The van der Waals surface area contributed by atoms with Crippen LogP contribution in [0.1, 0.15) is 27.9 Å². The molecule has 0 amide bonds. The van der Waals surface area contributed by atoms with E-state index in [1.54, 1.807) is 24.3 Å². The zero-order valence-electron chi connectivity index (χ0n) is 15.3. The fourth-order valence-electron chi connectivity index (χ4n) is 2.48. The highest BCUT2D eigenvalue weighted by Gasteiger charge is 2.13. The number of aryl methyl sites for hydroxylation is 1. The number of benzene rings is 2. The fraction of sp³-hybridized carbons (Fsp3) is 0.143. The summed E-state index contributed by atoms with van der Waals surface area (Å²) in [6.07, 6.45) is 3.18. The molecule has 0 atom stereocenters. The van der Waals surface area contributed by atoms with Crippen LogP contribution in [0.3, 0.4) is 0 Å². The van der Waals surface area contributed by atoms with Gasteiger partial charge in [-0.1, -0.05) is 40.6 Å². The fourth-order valence-corrected chi connectivity index (χ4v) is 3.86. The average Bonchev–Trinajstić information content (AvgIpc) is 3.03. The number of nitrogens with zero attached hydrogens (tertiary/aromatic N) is 1. The van der Waals surface area contributed by atoms with Crippen molar-refractivity contribution in [1.82, 2.24) is 4.98 Å². The Hall–Kier alpha value is -2.34. The molecule has 3 rings (SSSR count). The zero-order chi connectivity index (χ0) is 20.1. The summed E-state index contributed by atoms with van der Waals surface area (Å²) < 4.78 is 5.43. The molecule has 0 fully saturated rings. The summed E-state index contributed by atoms with van der Waals surface area (Å²) in [7, 11) is 0. The second-order valence-corrected chi connectivity index (χ2v) is 7.72. The first-order valence-electron chi connectivity index (χ1n) is 8.61. The number of nitrogens with one attached hydrogen (secondary N) is 1. The van der Waals surface area contributed by atoms with Crippen molar-refractivity contribution in [2.75, 3.05) is 11.9 Å². The van der Waals surface area contributed by atoms with Crippen LogP contribution >= 0.6 is 34.5 Å². The lowest BCUT2D eigenvalue weighted by Gasteiger charge is -2.05. The van der Waals surface area contributed by atoms with Gasteiger partial charge in [0, 0.05) is 15.7 Å². The number of thiazole rings is 1. The van der Waals surface area contributed by atoms with Crippen molar-refractivity contribution in [2.45, 2.75) is 13.8 Å². The zero-order valence-corrected chi connectivity index (χ0v) is 17.7. The van der Waals surface area contributed by atoms with E-state index in [2.05, 4.69) is 10.3 Å². The van der Waals surface area contributed by atoms with Crippen molar-refractivity contribution in [3.63, 3.8) is 0 Å². The third-order valence-electron chi connectivity index (χ3n) is 3.81. The number of halogens is 2. The minimum atomic E-state index is -0.124. The molecule has 0 saturated carbocycles. The molecule has 2 aromatic carbocycles. The highest BCUT2D eigenvalue weighted by atomic mass is 35.5. The first kappa shape index (κ1) is 20.4. The van der Waals surface area contributed by atoms with Crippen molar-refractivity contribution < 1.29 is 9.53 Å². The molecule has 28 heavy (non-hydrogen) atoms. The molecule has 0 spiro atoms. The number of ketones is 1. The largest absolute Gasteiger partial charge is 0.494 e. The van der Waals surface area contributed by atoms with Gasteiger partial charge in [0.15, 0.2) is 10.9 Å². The molecule has 144 valence electrons. The SMILES string of the molecule is CCOc1ccc(Nc2nc(C)c(C(=O)/C=C/c3ccc(Cl)cc3Cl)s2)cc1. The summed E-state index contributed by atoms with van der Waals surface area (Å²) in [5.41, 5.74) is 2.28. The van der Waals surface area contributed by atoms with Crippen LogP contribution in [0.5, 0.6) is 5.75 Å². The predicted octanol–water partition coefficient (Wildman–Crippen LogP) is 6.80. The maximum absolute atomic E-state index is 12.6. The molecule has 3 aromatic rings. The van der Waals surface area contributed by atoms with Gasteiger partial charge in [0.2, 0.25) is 0 Å². The maximum Gasteiger partial charge on any atom is 0.197 e. The Morgan fingerprint density at radius 1 is 1.21 bits per heavy atom. The van der Waals surface area contributed by atoms with Crippen molar-refractivity contribution in [3.05, 3.63) is 74.7 Å². The standard InChI is InChI=1S/C21H18Cl2N2O2S/c1-3-27-17-9-7-16(8-10-17)25-21-24-13(2)20(28-21)19(26)11-5-14-4-6-15(22)12-18(14)23/h4-12H,3H2,1-2H3,(H,24,25)/b11-5+. The van der Waals surface area contributed by atoms with Gasteiger partial charge in [-0.05, 0) is 68.0 Å². The van der Waals surface area contributed by atoms with Crippen LogP contribution in [-0.4, -0.2) is 17.4 Å². The molecule has 7 heteroatoms. The molecule has 0 radical (unpaired) electrons. The van der Waals surface area contributed by atoms with Crippen molar-refractivity contribution >= 4 is 57.2 Å². The Balaban J connectivity index is 1.72. The lowest BCUT2D eigenvalue weighted by Crippen LogP contribution is -1.93. The Bertz CT molecular complexity index is 1010. The number of anilines is 2. The highest BCUT2D eigenvalue weighted by Crippen LogP contribution is 2.28. The molecule has 0 aliphatic carbocycles. The van der Waals surface area contributed by atoms with Crippen LogP contribution in [0.15, 0.2) is 48.5 Å². The van der Waals surface area contributed by atoms with Gasteiger partial charge in [0.25, 0.3) is 0 Å². The summed E-state index contributed by atoms with van der Waals surface area (Å²) in [4.78, 5) is 17.6. The van der Waals surface area contributed by atoms with Crippen LogP contribution in [0.4, 0.5) is 10.8 Å². The molecule has 4 nitrogen and oxygen atoms in total. The Labute approximate surface area is 177 Å². The van der Waals surface area contributed by atoms with Gasteiger partial charge in [0.1, 0.15) is 5.75 Å². The van der Waals surface area contributed by atoms with Gasteiger partial charge in [-0.2, -0.15) is 0 Å². The molecule has 0 aliphatic heterocycles. The lowest BCUT2D eigenvalue weighted by atomic mass is 10.2. The van der Waals surface area contributed by atoms with E-state index >= 15 is 0 Å². The molecule has 0 aliphatic rings. The van der Waals surface area contributed by atoms with E-state index in [-0.39, 0.29) is 5.78 Å². The number of carbonyl (C=O) groups excluding carboxylic acids is 1. The summed E-state index contributed by atoms with van der Waals surface area (Å²) in [5, 5.41) is 4.92. The number of carbonyl (C=O) groups is 1. The van der Waals surface area contributed by atoms with Crippen LogP contribution < -0.4 is 10.1 Å². The van der Waals surface area contributed by atoms with Crippen LogP contribution in [0.25, 0.3) is 6.08 Å². The molecular weight excluding hydrogens is 415 g/mol. The first-order chi connectivity index (χ1) is 13.5. The molecule has 1 aromatic heterocycles. The molecule has 0 unspecified atom stereocenters. The van der Waals surface area contributed by atoms with Crippen molar-refractivity contribution in [2.24, 2.45) is 0 Å². The van der Waals surface area contributed by atoms with Crippen LogP contribution in [0, 0.1) is 6.92 Å². The van der Waals surface area contributed by atoms with Gasteiger partial charge in [-0.25, -0.2) is 4.98 Å². The van der Waals surface area contributed by atoms with E-state index in [0.29, 0.717) is 32.4 Å². The topological polar surface area (TPSA) is 51.2 Å². The minimum Gasteiger partial charge on any atom is -0.494 e. The van der Waals surface area contributed by atoms with Crippen molar-refractivity contribution in [3.8, 4) is 5.75 Å². The third kappa shape index (κ3) is 5.13. The van der Waals surface area contributed by atoms with Crippen LogP contribution in [-0.2, 0) is 0 Å². The van der Waals surface area contributed by atoms with E-state index in [9.17, 15) is 4.79 Å². The second kappa shape index (κ2) is 9.24. The normalized spacial score (nSPS) is 11.0. The number of rotatable bonds is 7. The number of ether oxygens (including phenoxy) is 1. The minimum absolute atomic E-state index is 0.124. The second-order valence-electron chi connectivity index (χ2n) is 5.88. The Morgan fingerprint density at radius 3 is 2.64 bits per heavy atom. The average molecular weight is 433 g/mol. The van der Waals surface area contributed by atoms with E-state index < -0.39 is 0 Å². The van der Waals surface area contributed by atoms with Crippen molar-refractivity contribution in [1.29, 1.82) is 0 Å². The summed E-state index contributed by atoms with van der Waals surface area (Å²) in [5.74, 6) is 0.686. The van der Waals surface area contributed by atoms with E-state index in [4.69, 9.17) is 27.9 Å². The van der Waals surface area contributed by atoms with Gasteiger partial charge < -0.3 is 10.1 Å². The molecule has 0 saturated heterocycles. The number of hydrogen-bond donors (Lipinski definition) is 1. The first-order valence-corrected chi connectivity index (χ1v) is 10.2. The maximum atomic E-state index is 12.6. The third-order valence-corrected chi connectivity index (χ3v) is 5.46. The predicted molar refractivity (Wildman–Crippen MR) is 118 cm³/mol. The smallest absolute Gasteiger partial charge is 0.197 e. The molecular formula is C21H18Cl2N2O2S. The highest BCUT2D eigenvalue weighted by molar-refractivity contribution is 7.17. The summed E-state index contributed by atoms with van der Waals surface area (Å²) in [6, 6.07) is 12.7. The summed E-state index contributed by atoms with van der Waals surface area (Å²) >= 11 is 13.3. The Kier molecular flexibility index (Phi) is 6.73. The number of aromatic nitrogens is 1. The van der Waals surface area contributed by atoms with Crippen LogP contribution in [0.2, 0.25) is 10.0 Å². The molecule has 1 N–H and O–H groups in total. The Morgan fingerprint density at radius 2 is 1.96 bits per heavy atom. The lowest BCUT2D eigenvalue weighted by molar-refractivity contribution is 0.105. The van der Waals surface area contributed by atoms with E-state index in [0.717, 1.165) is 17.0 Å². The van der Waals surface area contributed by atoms with Gasteiger partial charge >= 0.3 is 0 Å². The number of allylic oxidation sites excluding steroid dienone is 1. The molecule has 0 bridgehead atoms. The van der Waals surface area contributed by atoms with Gasteiger partial charge in [-0.15, -0.1) is 0 Å². The van der Waals surface area contributed by atoms with Gasteiger partial charge in [-0.3, -0.25) is 4.79 Å². The monoisotopic (exact) mass is 432 g/mol. The van der Waals surface area contributed by atoms with E-state index in [1.807, 2.05) is 38.1 Å². The number of hydrogen-bond acceptors (Lipinski definition) is 5. The quantitative estimate of drug-likeness (QED) is 0.329. The van der Waals surface area contributed by atoms with Gasteiger partial charge in [0.05, 0.1) is 17.2 Å².